The minimum Gasteiger partial charge on any atom is -0.459 e. The van der Waals surface area contributed by atoms with Crippen LogP contribution in [0.2, 0.25) is 0 Å². The first kappa shape index (κ1) is 35.7. The molecule has 0 aliphatic heterocycles. The fourth-order valence-electron chi connectivity index (χ4n) is 6.99. The molecule has 0 fully saturated rings. The average Bonchev–Trinajstić information content (AvgIpc) is 3.72. The maximum atomic E-state index is 13.2. The van der Waals surface area contributed by atoms with Crippen molar-refractivity contribution in [2.75, 3.05) is 0 Å². The molecule has 268 valence electrons. The molecule has 0 aliphatic carbocycles. The van der Waals surface area contributed by atoms with Gasteiger partial charge in [-0.2, -0.15) is 0 Å². The number of nitrogens with zero attached hydrogens (tertiary/aromatic N) is 6. The number of hydrogen-bond donors (Lipinski definition) is 0. The Kier molecular flexibility index (Phi) is 10.8. The molecule has 9 heteroatoms. The Labute approximate surface area is 314 Å². The highest BCUT2D eigenvalue weighted by atomic mass is 16.5. The minimum atomic E-state index is -0.897. The zero-order valence-electron chi connectivity index (χ0n) is 30.1. The van der Waals surface area contributed by atoms with Crippen molar-refractivity contribution in [2.24, 2.45) is 11.2 Å². The molecule has 0 bridgehead atoms. The highest BCUT2D eigenvalue weighted by Crippen LogP contribution is 2.40. The van der Waals surface area contributed by atoms with Crippen LogP contribution in [-0.4, -0.2) is 37.2 Å². The molecule has 0 N–H and O–H groups in total. The van der Waals surface area contributed by atoms with Gasteiger partial charge in [-0.25, -0.2) is 9.80 Å². The van der Waals surface area contributed by atoms with E-state index in [1.807, 2.05) is 147 Å². The van der Waals surface area contributed by atoms with Crippen LogP contribution >= 0.6 is 0 Å². The van der Waals surface area contributed by atoms with Gasteiger partial charge in [0.1, 0.15) is 6.61 Å². The molecule has 1 heterocycles. The third-order valence-corrected chi connectivity index (χ3v) is 9.59. The number of benzene rings is 6. The second-order valence-electron chi connectivity index (χ2n) is 13.4. The maximum absolute atomic E-state index is 13.2. The Balaban J connectivity index is 1.19. The highest BCUT2D eigenvalue weighted by molar-refractivity contribution is 5.80. The third kappa shape index (κ3) is 7.29. The van der Waals surface area contributed by atoms with Crippen molar-refractivity contribution in [3.05, 3.63) is 203 Å². The standard InChI is InChI=1S/C45H40N6O3/c1-33(2)42(44(52)54-32-35-17-7-3-8-18-35)50(49-53)31-34-27-29-36(30-28-34)40-25-15-16-26-41(40)43-46-48-51(47-43)45(37-19-9-4-10-20-37,38-21-11-5-12-22-38)39-23-13-6-14-24-39/h3-30,33,42H,31-32H2,1-2H3. The lowest BCUT2D eigenvalue weighted by Gasteiger charge is -2.34. The second kappa shape index (κ2) is 16.3. The van der Waals surface area contributed by atoms with Crippen LogP contribution in [0.1, 0.15) is 41.7 Å². The van der Waals surface area contributed by atoms with Gasteiger partial charge < -0.3 is 4.74 Å². The van der Waals surface area contributed by atoms with E-state index in [0.717, 1.165) is 44.5 Å². The molecule has 0 aliphatic rings. The van der Waals surface area contributed by atoms with Gasteiger partial charge in [0.25, 0.3) is 0 Å². The number of rotatable bonds is 14. The summed E-state index contributed by atoms with van der Waals surface area (Å²) >= 11 is 0. The maximum Gasteiger partial charge on any atom is 0.331 e. The molecule has 0 saturated carbocycles. The van der Waals surface area contributed by atoms with Crippen molar-refractivity contribution < 1.29 is 9.53 Å². The predicted octanol–water partition coefficient (Wildman–Crippen LogP) is 9.10. The predicted molar refractivity (Wildman–Crippen MR) is 209 cm³/mol. The van der Waals surface area contributed by atoms with E-state index in [4.69, 9.17) is 15.0 Å². The van der Waals surface area contributed by atoms with Crippen molar-refractivity contribution in [1.29, 1.82) is 0 Å². The Morgan fingerprint density at radius 2 is 1.17 bits per heavy atom. The molecule has 0 radical (unpaired) electrons. The first-order valence-electron chi connectivity index (χ1n) is 18.0. The molecule has 54 heavy (non-hydrogen) atoms. The van der Waals surface area contributed by atoms with Crippen molar-refractivity contribution in [3.8, 4) is 22.5 Å². The number of carbonyl (C=O) groups is 1. The molecular formula is C45H40N6O3. The fourth-order valence-corrected chi connectivity index (χ4v) is 6.99. The number of ether oxygens (including phenoxy) is 1. The summed E-state index contributed by atoms with van der Waals surface area (Å²) in [4.78, 5) is 27.0. The lowest BCUT2D eigenvalue weighted by molar-refractivity contribution is -0.153. The zero-order chi connectivity index (χ0) is 37.3. The van der Waals surface area contributed by atoms with Crippen LogP contribution in [0.3, 0.4) is 0 Å². The lowest BCUT2D eigenvalue weighted by atomic mass is 9.77. The van der Waals surface area contributed by atoms with Gasteiger partial charge in [-0.15, -0.1) is 19.9 Å². The van der Waals surface area contributed by atoms with Gasteiger partial charge in [-0.05, 0) is 50.1 Å². The van der Waals surface area contributed by atoms with E-state index in [1.54, 1.807) is 4.80 Å². The Morgan fingerprint density at radius 1 is 0.667 bits per heavy atom. The Hall–Kier alpha value is -6.74. The molecule has 0 amide bonds. The first-order valence-corrected chi connectivity index (χ1v) is 18.0. The van der Waals surface area contributed by atoms with E-state index in [-0.39, 0.29) is 19.1 Å². The Morgan fingerprint density at radius 3 is 1.69 bits per heavy atom. The summed E-state index contributed by atoms with van der Waals surface area (Å²) in [6, 6.07) is 55.2. The zero-order valence-corrected chi connectivity index (χ0v) is 30.1. The summed E-state index contributed by atoms with van der Waals surface area (Å²) in [5.41, 5.74) is 6.45. The molecule has 1 unspecified atom stereocenters. The normalized spacial score (nSPS) is 11.9. The lowest BCUT2D eigenvalue weighted by Crippen LogP contribution is -2.42. The van der Waals surface area contributed by atoms with Gasteiger partial charge in [0, 0.05) is 5.56 Å². The van der Waals surface area contributed by atoms with Gasteiger partial charge in [0.2, 0.25) is 5.82 Å². The van der Waals surface area contributed by atoms with Gasteiger partial charge in [-0.1, -0.05) is 184 Å². The summed E-state index contributed by atoms with van der Waals surface area (Å²) in [7, 11) is 0. The number of hydrogen-bond acceptors (Lipinski definition) is 7. The van der Waals surface area contributed by atoms with E-state index >= 15 is 0 Å². The van der Waals surface area contributed by atoms with Crippen molar-refractivity contribution in [2.45, 2.75) is 38.6 Å². The second-order valence-corrected chi connectivity index (χ2v) is 13.4. The summed E-state index contributed by atoms with van der Waals surface area (Å²) in [6.45, 7) is 4.02. The first-order chi connectivity index (χ1) is 26.5. The minimum absolute atomic E-state index is 0.123. The van der Waals surface area contributed by atoms with Crippen molar-refractivity contribution >= 4 is 5.97 Å². The van der Waals surface area contributed by atoms with E-state index < -0.39 is 17.6 Å². The molecule has 0 spiro atoms. The smallest absolute Gasteiger partial charge is 0.331 e. The van der Waals surface area contributed by atoms with E-state index in [2.05, 4.69) is 46.8 Å². The summed E-state index contributed by atoms with van der Waals surface area (Å²) in [5.74, 6) is -0.218. The van der Waals surface area contributed by atoms with Gasteiger partial charge in [-0.3, -0.25) is 0 Å². The fraction of sp³-hybridized carbons (Fsp3) is 0.156. The van der Waals surface area contributed by atoms with Gasteiger partial charge in [0.05, 0.1) is 11.8 Å². The van der Waals surface area contributed by atoms with Crippen LogP contribution < -0.4 is 0 Å². The highest BCUT2D eigenvalue weighted by Gasteiger charge is 2.41. The monoisotopic (exact) mass is 712 g/mol. The number of tetrazole rings is 1. The molecule has 7 aromatic rings. The molecule has 9 nitrogen and oxygen atoms in total. The number of nitroso groups, excluding NO2 is 1. The quantitative estimate of drug-likeness (QED) is 0.0480. The van der Waals surface area contributed by atoms with Crippen LogP contribution in [0.25, 0.3) is 22.5 Å². The van der Waals surface area contributed by atoms with Gasteiger partial charge >= 0.3 is 5.97 Å². The van der Waals surface area contributed by atoms with Crippen molar-refractivity contribution in [1.82, 2.24) is 25.2 Å². The average molecular weight is 713 g/mol. The number of aromatic nitrogens is 4. The molecule has 1 aromatic heterocycles. The molecule has 6 aromatic carbocycles. The molecule has 7 rings (SSSR count). The van der Waals surface area contributed by atoms with Gasteiger partial charge in [0.15, 0.2) is 11.6 Å². The van der Waals surface area contributed by atoms with Crippen LogP contribution in [0.5, 0.6) is 0 Å². The topological polar surface area (TPSA) is 103 Å². The van der Waals surface area contributed by atoms with Crippen LogP contribution in [0.4, 0.5) is 0 Å². The third-order valence-electron chi connectivity index (χ3n) is 9.59. The summed E-state index contributed by atoms with van der Waals surface area (Å²) in [6.07, 6.45) is 0. The van der Waals surface area contributed by atoms with E-state index in [1.165, 1.54) is 5.01 Å². The van der Waals surface area contributed by atoms with E-state index in [0.29, 0.717) is 5.82 Å². The summed E-state index contributed by atoms with van der Waals surface area (Å²) in [5, 5.41) is 19.1. The van der Waals surface area contributed by atoms with Crippen LogP contribution in [-0.2, 0) is 28.2 Å². The largest absolute Gasteiger partial charge is 0.459 e. The summed E-state index contributed by atoms with van der Waals surface area (Å²) < 4.78 is 5.60. The molecular weight excluding hydrogens is 673 g/mol. The molecule has 0 saturated heterocycles. The van der Waals surface area contributed by atoms with E-state index in [9.17, 15) is 9.70 Å². The van der Waals surface area contributed by atoms with Crippen LogP contribution in [0, 0.1) is 10.8 Å². The Bertz CT molecular complexity index is 2180. The van der Waals surface area contributed by atoms with Crippen LogP contribution in [0.15, 0.2) is 175 Å². The van der Waals surface area contributed by atoms with Crippen molar-refractivity contribution in [3.63, 3.8) is 0 Å². The number of esters is 1. The SMILES string of the molecule is CC(C)C(C(=O)OCc1ccccc1)N(Cc1ccc(-c2ccccc2-c2nnn(C(c3ccccc3)(c3ccccc3)c3ccccc3)n2)cc1)N=O. The molecule has 1 atom stereocenters. The number of carbonyl (C=O) groups excluding carboxylic acids is 1.